The first kappa shape index (κ1) is 17.2. The van der Waals surface area contributed by atoms with Gasteiger partial charge in [-0.15, -0.1) is 0 Å². The maximum absolute atomic E-state index is 9.70. The molecule has 0 aromatic rings. The predicted octanol–water partition coefficient (Wildman–Crippen LogP) is 1.62. The summed E-state index contributed by atoms with van der Waals surface area (Å²) in [5.41, 5.74) is 0. The van der Waals surface area contributed by atoms with Crippen LogP contribution in [0, 0.1) is 0 Å². The quantitative estimate of drug-likeness (QED) is 0.402. The Hall–Kier alpha value is 0.234. The molecular weight excluding hydrogens is 256 g/mol. The minimum atomic E-state index is -2.53. The third-order valence-electron chi connectivity index (χ3n) is 1.74. The van der Waals surface area contributed by atoms with Gasteiger partial charge in [-0.2, -0.15) is 0 Å². The normalized spacial score (nSPS) is 14.1. The van der Waals surface area contributed by atoms with Crippen molar-refractivity contribution in [1.82, 2.24) is 0 Å². The third kappa shape index (κ3) is 9.89. The molecule has 0 aliphatic rings. The van der Waals surface area contributed by atoms with E-state index < -0.39 is 22.9 Å². The Kier molecular flexibility index (Phi) is 6.50. The van der Waals surface area contributed by atoms with Crippen LogP contribution in [0.3, 0.4) is 0 Å². The molecule has 0 aliphatic heterocycles. The summed E-state index contributed by atoms with van der Waals surface area (Å²) in [5, 5.41) is 19.4. The second-order valence-corrected chi connectivity index (χ2v) is 13.5. The second-order valence-electron chi connectivity index (χ2n) is 5.41. The summed E-state index contributed by atoms with van der Waals surface area (Å²) < 4.78 is 16.3. The average Bonchev–Trinajstić information content (AvgIpc) is 1.96. The number of ether oxygens (including phenoxy) is 1. The van der Waals surface area contributed by atoms with Gasteiger partial charge in [0.1, 0.15) is 0 Å². The van der Waals surface area contributed by atoms with Crippen LogP contribution < -0.4 is 0 Å². The van der Waals surface area contributed by atoms with Gasteiger partial charge in [-0.1, -0.05) is 0 Å². The van der Waals surface area contributed by atoms with Crippen molar-refractivity contribution in [3.8, 4) is 0 Å². The van der Waals surface area contributed by atoms with Crippen LogP contribution in [-0.4, -0.2) is 46.3 Å². The Morgan fingerprint density at radius 3 is 2.00 bits per heavy atom. The zero-order valence-corrected chi connectivity index (χ0v) is 13.7. The lowest BCUT2D eigenvalue weighted by Crippen LogP contribution is -2.51. The van der Waals surface area contributed by atoms with Crippen LogP contribution in [0.25, 0.3) is 0 Å². The Bertz CT molecular complexity index is 225. The molecule has 0 aliphatic carbocycles. The van der Waals surface area contributed by atoms with Crippen molar-refractivity contribution in [3.63, 3.8) is 0 Å². The molecule has 0 saturated carbocycles. The fourth-order valence-electron chi connectivity index (χ4n) is 1.55. The molecule has 0 heterocycles. The van der Waals surface area contributed by atoms with Gasteiger partial charge in [0.05, 0.1) is 13.0 Å². The summed E-state index contributed by atoms with van der Waals surface area (Å²) in [6.45, 7) is 12.4. The summed E-state index contributed by atoms with van der Waals surface area (Å²) >= 11 is 0. The molecule has 7 heteroatoms. The van der Waals surface area contributed by atoms with E-state index in [1.54, 1.807) is 0 Å². The Morgan fingerprint density at radius 2 is 1.59 bits per heavy atom. The Balaban J connectivity index is 4.27. The molecule has 0 saturated heterocycles. The molecule has 17 heavy (non-hydrogen) atoms. The van der Waals surface area contributed by atoms with Gasteiger partial charge in [0.2, 0.25) is 0 Å². The van der Waals surface area contributed by atoms with E-state index in [2.05, 4.69) is 0 Å². The molecule has 0 bridgehead atoms. The van der Waals surface area contributed by atoms with Gasteiger partial charge in [0.15, 0.2) is 8.32 Å². The largest absolute Gasteiger partial charge is 0.436 e. The van der Waals surface area contributed by atoms with Crippen molar-refractivity contribution >= 4 is 16.9 Å². The summed E-state index contributed by atoms with van der Waals surface area (Å²) in [7, 11) is -4.28. The molecular formula is C10H26O5Si2. The van der Waals surface area contributed by atoms with Gasteiger partial charge in [0, 0.05) is 6.61 Å². The monoisotopic (exact) mass is 282 g/mol. The average molecular weight is 282 g/mol. The molecule has 0 atom stereocenters. The van der Waals surface area contributed by atoms with E-state index in [4.69, 9.17) is 13.3 Å². The van der Waals surface area contributed by atoms with Gasteiger partial charge >= 0.3 is 8.56 Å². The highest BCUT2D eigenvalue weighted by Gasteiger charge is 2.39. The van der Waals surface area contributed by atoms with Crippen molar-refractivity contribution in [1.29, 1.82) is 0 Å². The molecule has 5 nitrogen and oxygen atoms in total. The summed E-state index contributed by atoms with van der Waals surface area (Å²) in [6.07, 6.45) is 0.0202. The van der Waals surface area contributed by atoms with Crippen LogP contribution in [0.2, 0.25) is 32.7 Å². The summed E-state index contributed by atoms with van der Waals surface area (Å²) in [6, 6.07) is 0. The van der Waals surface area contributed by atoms with E-state index in [1.165, 1.54) is 0 Å². The van der Waals surface area contributed by atoms with Crippen molar-refractivity contribution in [2.75, 3.05) is 13.2 Å². The minimum Gasteiger partial charge on any atom is -0.436 e. The van der Waals surface area contributed by atoms with Gasteiger partial charge in [-0.25, -0.2) is 0 Å². The number of rotatable bonds is 8. The van der Waals surface area contributed by atoms with Crippen molar-refractivity contribution in [2.24, 2.45) is 0 Å². The standard InChI is InChI=1S/C10H26O5Si2/c1-7-13-9-8-10(11,12)14-17(5,6)15-16(2,3)4/h11-12H,7-9H2,1-6H3. The van der Waals surface area contributed by atoms with Crippen LogP contribution >= 0.6 is 0 Å². The molecule has 0 spiro atoms. The van der Waals surface area contributed by atoms with Crippen LogP contribution in [0.5, 0.6) is 0 Å². The van der Waals surface area contributed by atoms with E-state index in [0.29, 0.717) is 6.61 Å². The predicted molar refractivity (Wildman–Crippen MR) is 71.3 cm³/mol. The van der Waals surface area contributed by atoms with Crippen LogP contribution in [0.4, 0.5) is 0 Å². The molecule has 0 unspecified atom stereocenters. The van der Waals surface area contributed by atoms with Gasteiger partial charge in [0.25, 0.3) is 5.97 Å². The molecule has 2 N–H and O–H groups in total. The Labute approximate surface area is 106 Å². The van der Waals surface area contributed by atoms with Crippen LogP contribution in [0.15, 0.2) is 0 Å². The number of hydrogen-bond acceptors (Lipinski definition) is 5. The lowest BCUT2D eigenvalue weighted by atomic mass is 10.4. The fraction of sp³-hybridized carbons (Fsp3) is 1.00. The highest BCUT2D eigenvalue weighted by molar-refractivity contribution is 6.81. The van der Waals surface area contributed by atoms with E-state index in [1.807, 2.05) is 39.7 Å². The molecule has 0 rings (SSSR count). The highest BCUT2D eigenvalue weighted by Crippen LogP contribution is 2.21. The van der Waals surface area contributed by atoms with E-state index >= 15 is 0 Å². The lowest BCUT2D eigenvalue weighted by Gasteiger charge is -2.35. The smallest absolute Gasteiger partial charge is 0.326 e. The highest BCUT2D eigenvalue weighted by atomic mass is 28.4. The zero-order valence-electron chi connectivity index (χ0n) is 11.7. The first-order valence-electron chi connectivity index (χ1n) is 5.90. The zero-order chi connectivity index (χ0) is 13.7. The lowest BCUT2D eigenvalue weighted by molar-refractivity contribution is -0.308. The summed E-state index contributed by atoms with van der Waals surface area (Å²) in [4.78, 5) is 0. The maximum atomic E-state index is 9.70. The number of aliphatic hydroxyl groups is 2. The van der Waals surface area contributed by atoms with Crippen molar-refractivity contribution < 1.29 is 23.5 Å². The molecule has 0 radical (unpaired) electrons. The Morgan fingerprint density at radius 1 is 1.06 bits per heavy atom. The van der Waals surface area contributed by atoms with Crippen LogP contribution in [-0.2, 0) is 13.3 Å². The molecule has 0 fully saturated rings. The van der Waals surface area contributed by atoms with E-state index in [9.17, 15) is 10.2 Å². The first-order chi connectivity index (χ1) is 7.47. The first-order valence-corrected chi connectivity index (χ1v) is 12.1. The van der Waals surface area contributed by atoms with Crippen molar-refractivity contribution in [3.05, 3.63) is 0 Å². The van der Waals surface area contributed by atoms with Gasteiger partial charge < -0.3 is 23.5 Å². The SMILES string of the molecule is CCOCCC(O)(O)O[Si](C)(C)O[Si](C)(C)C. The summed E-state index contributed by atoms with van der Waals surface area (Å²) in [5.74, 6) is -2.16. The maximum Gasteiger partial charge on any atom is 0.326 e. The molecule has 0 amide bonds. The molecule has 0 aromatic carbocycles. The van der Waals surface area contributed by atoms with Gasteiger partial charge in [-0.3, -0.25) is 0 Å². The number of hydrogen-bond donors (Lipinski definition) is 2. The molecule has 0 aromatic heterocycles. The second kappa shape index (κ2) is 6.41. The van der Waals surface area contributed by atoms with Gasteiger partial charge in [-0.05, 0) is 39.7 Å². The minimum absolute atomic E-state index is 0.0202. The van der Waals surface area contributed by atoms with Crippen molar-refractivity contribution in [2.45, 2.75) is 52.1 Å². The van der Waals surface area contributed by atoms with Crippen LogP contribution in [0.1, 0.15) is 13.3 Å². The fourth-order valence-corrected chi connectivity index (χ4v) is 8.51. The van der Waals surface area contributed by atoms with E-state index in [-0.39, 0.29) is 13.0 Å². The topological polar surface area (TPSA) is 68.2 Å². The molecule has 104 valence electrons. The third-order valence-corrected chi connectivity index (χ3v) is 6.97. The van der Waals surface area contributed by atoms with E-state index in [0.717, 1.165) is 0 Å².